The number of hydrogen-bond acceptors (Lipinski definition) is 4. The molecule has 7 heteroatoms. The minimum atomic E-state index is -0.0333. The van der Waals surface area contributed by atoms with Crippen LogP contribution < -0.4 is 15.4 Å². The van der Waals surface area contributed by atoms with Crippen LogP contribution in [0, 0.1) is 0 Å². The highest BCUT2D eigenvalue weighted by molar-refractivity contribution is 5.92. The summed E-state index contributed by atoms with van der Waals surface area (Å²) in [4.78, 5) is 20.1. The van der Waals surface area contributed by atoms with E-state index in [2.05, 4.69) is 15.6 Å². The van der Waals surface area contributed by atoms with Crippen molar-refractivity contribution < 1.29 is 9.53 Å². The summed E-state index contributed by atoms with van der Waals surface area (Å²) in [6, 6.07) is 17.6. The molecule has 29 heavy (non-hydrogen) atoms. The van der Waals surface area contributed by atoms with Gasteiger partial charge >= 0.3 is 0 Å². The molecule has 2 N–H and O–H groups in total. The molecular formula is C22H31N5O2. The van der Waals surface area contributed by atoms with Gasteiger partial charge in [0.1, 0.15) is 12.4 Å². The quantitative estimate of drug-likeness (QED) is 0.502. The number of nitrogens with zero attached hydrogens (tertiary/aromatic N) is 3. The molecule has 2 aromatic carbocycles. The summed E-state index contributed by atoms with van der Waals surface area (Å²) in [5.74, 6) is 1.61. The summed E-state index contributed by atoms with van der Waals surface area (Å²) in [6.07, 6.45) is 0. The number of hydrogen-bond donors (Lipinski definition) is 2. The molecule has 0 heterocycles. The van der Waals surface area contributed by atoms with Crippen molar-refractivity contribution in [1.29, 1.82) is 0 Å². The third-order valence-corrected chi connectivity index (χ3v) is 4.13. The molecular weight excluding hydrogens is 366 g/mol. The number of likely N-dealkylation sites (N-methyl/N-ethyl adjacent to an activating group) is 2. The first-order chi connectivity index (χ1) is 14.0. The Bertz CT molecular complexity index is 793. The highest BCUT2D eigenvalue weighted by atomic mass is 16.5. The fourth-order valence-electron chi connectivity index (χ4n) is 2.74. The van der Waals surface area contributed by atoms with Crippen LogP contribution in [-0.2, 0) is 11.3 Å². The molecule has 7 nitrogen and oxygen atoms in total. The van der Waals surface area contributed by atoms with Gasteiger partial charge in [0.2, 0.25) is 5.91 Å². The van der Waals surface area contributed by atoms with Gasteiger partial charge in [-0.2, -0.15) is 0 Å². The maximum absolute atomic E-state index is 11.9. The number of benzene rings is 2. The van der Waals surface area contributed by atoms with E-state index in [1.165, 1.54) is 0 Å². The van der Waals surface area contributed by atoms with Crippen molar-refractivity contribution in [3.63, 3.8) is 0 Å². The molecule has 0 aliphatic carbocycles. The number of ether oxygens (including phenoxy) is 1. The van der Waals surface area contributed by atoms with Crippen molar-refractivity contribution in [2.75, 3.05) is 53.2 Å². The number of amides is 1. The van der Waals surface area contributed by atoms with E-state index in [1.807, 2.05) is 85.5 Å². The molecule has 0 saturated heterocycles. The van der Waals surface area contributed by atoms with Crippen molar-refractivity contribution in [3.05, 3.63) is 60.2 Å². The van der Waals surface area contributed by atoms with Crippen LogP contribution in [0.5, 0.6) is 5.75 Å². The highest BCUT2D eigenvalue weighted by Crippen LogP contribution is 2.11. The standard InChI is InChI=1S/C22H31N5O2/c1-23-22(27(4)13-14-29-20-11-6-5-7-12-20)24-16-18-9-8-10-19(15-18)25-21(28)17-26(2)3/h5-12,15H,13-14,16-17H2,1-4H3,(H,23,24)(H,25,28). The number of aliphatic imine (C=N–C) groups is 1. The predicted octanol–water partition coefficient (Wildman–Crippen LogP) is 2.27. The Morgan fingerprint density at radius 3 is 2.52 bits per heavy atom. The van der Waals surface area contributed by atoms with Crippen LogP contribution in [0.4, 0.5) is 5.69 Å². The smallest absolute Gasteiger partial charge is 0.238 e. The number of anilines is 1. The molecule has 0 bridgehead atoms. The van der Waals surface area contributed by atoms with Gasteiger partial charge in [-0.1, -0.05) is 30.3 Å². The molecule has 0 atom stereocenters. The van der Waals surface area contributed by atoms with Crippen molar-refractivity contribution in [3.8, 4) is 5.75 Å². The molecule has 156 valence electrons. The molecule has 0 aromatic heterocycles. The fraction of sp³-hybridized carbons (Fsp3) is 0.364. The second kappa shape index (κ2) is 11.7. The van der Waals surface area contributed by atoms with Crippen LogP contribution in [0.3, 0.4) is 0 Å². The monoisotopic (exact) mass is 397 g/mol. The maximum Gasteiger partial charge on any atom is 0.238 e. The number of rotatable bonds is 9. The summed E-state index contributed by atoms with van der Waals surface area (Å²) in [5.41, 5.74) is 1.85. The van der Waals surface area contributed by atoms with E-state index >= 15 is 0 Å². The van der Waals surface area contributed by atoms with Gasteiger partial charge < -0.3 is 25.2 Å². The summed E-state index contributed by atoms with van der Waals surface area (Å²) in [5, 5.41) is 6.26. The Kier molecular flexibility index (Phi) is 8.98. The van der Waals surface area contributed by atoms with Crippen LogP contribution in [0.15, 0.2) is 59.6 Å². The summed E-state index contributed by atoms with van der Waals surface area (Å²) in [6.45, 7) is 2.22. The lowest BCUT2D eigenvalue weighted by atomic mass is 10.2. The fourth-order valence-corrected chi connectivity index (χ4v) is 2.74. The van der Waals surface area contributed by atoms with Crippen LogP contribution in [0.2, 0.25) is 0 Å². The summed E-state index contributed by atoms with van der Waals surface area (Å²) >= 11 is 0. The van der Waals surface area contributed by atoms with E-state index in [-0.39, 0.29) is 5.91 Å². The van der Waals surface area contributed by atoms with Gasteiger partial charge in [0.25, 0.3) is 0 Å². The number of carbonyl (C=O) groups excluding carboxylic acids is 1. The molecule has 0 aliphatic rings. The molecule has 2 aromatic rings. The Morgan fingerprint density at radius 2 is 1.83 bits per heavy atom. The first-order valence-electron chi connectivity index (χ1n) is 9.61. The first kappa shape index (κ1) is 22.2. The molecule has 2 rings (SSSR count). The number of para-hydroxylation sites is 1. The Hall–Kier alpha value is -3.06. The van der Waals surface area contributed by atoms with Crippen molar-refractivity contribution >= 4 is 17.6 Å². The average Bonchev–Trinajstić information content (AvgIpc) is 2.69. The molecule has 0 aliphatic heterocycles. The topological polar surface area (TPSA) is 69.2 Å². The van der Waals surface area contributed by atoms with Gasteiger partial charge in [-0.05, 0) is 43.9 Å². The number of carbonyl (C=O) groups is 1. The predicted molar refractivity (Wildman–Crippen MR) is 118 cm³/mol. The van der Waals surface area contributed by atoms with Crippen molar-refractivity contribution in [2.45, 2.75) is 6.54 Å². The summed E-state index contributed by atoms with van der Waals surface area (Å²) < 4.78 is 5.75. The zero-order chi connectivity index (χ0) is 21.1. The lowest BCUT2D eigenvalue weighted by molar-refractivity contribution is -0.116. The first-order valence-corrected chi connectivity index (χ1v) is 9.61. The second-order valence-electron chi connectivity index (χ2n) is 6.97. The molecule has 0 spiro atoms. The minimum absolute atomic E-state index is 0.0333. The highest BCUT2D eigenvalue weighted by Gasteiger charge is 2.07. The molecule has 0 saturated carbocycles. The largest absolute Gasteiger partial charge is 0.492 e. The lowest BCUT2D eigenvalue weighted by Gasteiger charge is -2.22. The molecule has 0 fully saturated rings. The summed E-state index contributed by atoms with van der Waals surface area (Å²) in [7, 11) is 7.47. The van der Waals surface area contributed by atoms with E-state index < -0.39 is 0 Å². The molecule has 0 unspecified atom stereocenters. The van der Waals surface area contributed by atoms with Crippen molar-refractivity contribution in [1.82, 2.24) is 15.1 Å². The maximum atomic E-state index is 11.9. The van der Waals surface area contributed by atoms with E-state index in [1.54, 1.807) is 7.05 Å². The van der Waals surface area contributed by atoms with Crippen LogP contribution in [0.25, 0.3) is 0 Å². The zero-order valence-corrected chi connectivity index (χ0v) is 17.7. The van der Waals surface area contributed by atoms with Gasteiger partial charge in [-0.3, -0.25) is 9.79 Å². The number of guanidine groups is 1. The normalized spacial score (nSPS) is 11.3. The van der Waals surface area contributed by atoms with E-state index in [4.69, 9.17) is 4.74 Å². The van der Waals surface area contributed by atoms with E-state index in [0.717, 1.165) is 23.0 Å². The van der Waals surface area contributed by atoms with Gasteiger partial charge in [-0.25, -0.2) is 0 Å². The Balaban J connectivity index is 1.82. The van der Waals surface area contributed by atoms with E-state index in [9.17, 15) is 4.79 Å². The SMILES string of the molecule is CN=C(NCc1cccc(NC(=O)CN(C)C)c1)N(C)CCOc1ccccc1. The second-order valence-corrected chi connectivity index (χ2v) is 6.97. The third kappa shape index (κ3) is 8.23. The van der Waals surface area contributed by atoms with Crippen molar-refractivity contribution in [2.24, 2.45) is 4.99 Å². The molecule has 0 radical (unpaired) electrons. The van der Waals surface area contributed by atoms with E-state index in [0.29, 0.717) is 26.2 Å². The van der Waals surface area contributed by atoms with Gasteiger partial charge in [-0.15, -0.1) is 0 Å². The van der Waals surface area contributed by atoms with Gasteiger partial charge in [0, 0.05) is 26.3 Å². The third-order valence-electron chi connectivity index (χ3n) is 4.13. The zero-order valence-electron chi connectivity index (χ0n) is 17.7. The Labute approximate surface area is 173 Å². The van der Waals surface area contributed by atoms with Crippen LogP contribution in [-0.4, -0.2) is 69.6 Å². The average molecular weight is 398 g/mol. The lowest BCUT2D eigenvalue weighted by Crippen LogP contribution is -2.40. The van der Waals surface area contributed by atoms with Crippen LogP contribution >= 0.6 is 0 Å². The van der Waals surface area contributed by atoms with Gasteiger partial charge in [0.15, 0.2) is 5.96 Å². The van der Waals surface area contributed by atoms with Gasteiger partial charge in [0.05, 0.1) is 13.1 Å². The van der Waals surface area contributed by atoms with Crippen LogP contribution in [0.1, 0.15) is 5.56 Å². The number of nitrogens with one attached hydrogen (secondary N) is 2. The molecule has 1 amide bonds. The Morgan fingerprint density at radius 1 is 1.07 bits per heavy atom. The minimum Gasteiger partial charge on any atom is -0.492 e.